The zero-order valence-corrected chi connectivity index (χ0v) is 14.7. The molecule has 117 valence electrons. The van der Waals surface area contributed by atoms with Crippen molar-refractivity contribution in [3.05, 3.63) is 46.4 Å². The van der Waals surface area contributed by atoms with Crippen LogP contribution in [0.15, 0.2) is 30.3 Å². The maximum Gasteiger partial charge on any atom is 0.0584 e. The Labute approximate surface area is 143 Å². The molecule has 0 bridgehead atoms. The standard InChI is InChI=1S/C18H21Cl2N2/c1-4-21-17-9-7-8-15(19)18(17)14-11-10-13(12-16(14)20)22(5-2)6-3/h7,9-12,21H,4-6H2,1-3H3. The highest BCUT2D eigenvalue weighted by Gasteiger charge is 2.14. The van der Waals surface area contributed by atoms with E-state index in [-0.39, 0.29) is 0 Å². The summed E-state index contributed by atoms with van der Waals surface area (Å²) in [4.78, 5) is 2.26. The average molecular weight is 336 g/mol. The number of nitrogens with one attached hydrogen (secondary N) is 1. The van der Waals surface area contributed by atoms with Gasteiger partial charge in [-0.25, -0.2) is 0 Å². The first-order chi connectivity index (χ1) is 10.6. The van der Waals surface area contributed by atoms with Crippen LogP contribution in [0.5, 0.6) is 0 Å². The molecule has 0 aromatic heterocycles. The van der Waals surface area contributed by atoms with Crippen molar-refractivity contribution in [1.29, 1.82) is 0 Å². The minimum absolute atomic E-state index is 0.580. The molecule has 2 rings (SSSR count). The van der Waals surface area contributed by atoms with Crippen molar-refractivity contribution in [2.45, 2.75) is 20.8 Å². The summed E-state index contributed by atoms with van der Waals surface area (Å²) in [5.74, 6) is 0. The average Bonchev–Trinajstić information content (AvgIpc) is 2.50. The van der Waals surface area contributed by atoms with Gasteiger partial charge in [0.25, 0.3) is 0 Å². The number of nitrogens with zero attached hydrogens (tertiary/aromatic N) is 1. The Balaban J connectivity index is 2.50. The van der Waals surface area contributed by atoms with Crippen molar-refractivity contribution in [1.82, 2.24) is 0 Å². The summed E-state index contributed by atoms with van der Waals surface area (Å²) < 4.78 is 0. The van der Waals surface area contributed by atoms with E-state index < -0.39 is 0 Å². The zero-order chi connectivity index (χ0) is 16.1. The van der Waals surface area contributed by atoms with Crippen LogP contribution >= 0.6 is 23.2 Å². The summed E-state index contributed by atoms with van der Waals surface area (Å²) in [7, 11) is 0. The van der Waals surface area contributed by atoms with E-state index in [0.717, 1.165) is 42.1 Å². The van der Waals surface area contributed by atoms with Gasteiger partial charge in [0.05, 0.1) is 10.0 Å². The quantitative estimate of drug-likeness (QED) is 0.724. The van der Waals surface area contributed by atoms with Gasteiger partial charge in [-0.3, -0.25) is 0 Å². The fourth-order valence-corrected chi connectivity index (χ4v) is 3.10. The van der Waals surface area contributed by atoms with Crippen molar-refractivity contribution in [2.75, 3.05) is 29.9 Å². The predicted molar refractivity (Wildman–Crippen MR) is 98.5 cm³/mol. The van der Waals surface area contributed by atoms with Crippen LogP contribution in [0.1, 0.15) is 20.8 Å². The molecule has 1 radical (unpaired) electrons. The smallest absolute Gasteiger partial charge is 0.0584 e. The first-order valence-corrected chi connectivity index (χ1v) is 8.36. The van der Waals surface area contributed by atoms with E-state index in [1.165, 1.54) is 0 Å². The molecule has 1 N–H and O–H groups in total. The largest absolute Gasteiger partial charge is 0.385 e. The molecule has 4 heteroatoms. The van der Waals surface area contributed by atoms with Gasteiger partial charge in [0.1, 0.15) is 0 Å². The van der Waals surface area contributed by atoms with Gasteiger partial charge in [-0.1, -0.05) is 35.3 Å². The lowest BCUT2D eigenvalue weighted by Gasteiger charge is -2.22. The molecule has 0 aliphatic heterocycles. The van der Waals surface area contributed by atoms with Crippen LogP contribution in [0, 0.1) is 6.07 Å². The fourth-order valence-electron chi connectivity index (χ4n) is 2.57. The van der Waals surface area contributed by atoms with E-state index in [1.807, 2.05) is 24.3 Å². The van der Waals surface area contributed by atoms with E-state index in [9.17, 15) is 0 Å². The molecule has 2 aromatic rings. The van der Waals surface area contributed by atoms with Gasteiger partial charge in [-0.15, -0.1) is 0 Å². The number of rotatable bonds is 6. The van der Waals surface area contributed by atoms with Crippen LogP contribution < -0.4 is 10.2 Å². The molecule has 0 aliphatic rings. The highest BCUT2D eigenvalue weighted by molar-refractivity contribution is 6.37. The van der Waals surface area contributed by atoms with E-state index in [0.29, 0.717) is 10.0 Å². The molecule has 0 fully saturated rings. The minimum Gasteiger partial charge on any atom is -0.385 e. The topological polar surface area (TPSA) is 15.3 Å². The monoisotopic (exact) mass is 335 g/mol. The molecule has 0 heterocycles. The molecule has 2 nitrogen and oxygen atoms in total. The van der Waals surface area contributed by atoms with Crippen LogP contribution in [0.2, 0.25) is 10.0 Å². The summed E-state index contributed by atoms with van der Waals surface area (Å²) in [6.07, 6.45) is 0. The molecular weight excluding hydrogens is 315 g/mol. The van der Waals surface area contributed by atoms with E-state index in [2.05, 4.69) is 43.1 Å². The molecule has 2 aromatic carbocycles. The van der Waals surface area contributed by atoms with Gasteiger partial charge >= 0.3 is 0 Å². The van der Waals surface area contributed by atoms with Crippen LogP contribution in [-0.2, 0) is 0 Å². The molecule has 22 heavy (non-hydrogen) atoms. The fraction of sp³-hybridized carbons (Fsp3) is 0.333. The lowest BCUT2D eigenvalue weighted by Crippen LogP contribution is -2.21. The highest BCUT2D eigenvalue weighted by atomic mass is 35.5. The summed E-state index contributed by atoms with van der Waals surface area (Å²) in [6, 6.07) is 13.0. The van der Waals surface area contributed by atoms with Crippen LogP contribution in [0.3, 0.4) is 0 Å². The first kappa shape index (κ1) is 17.0. The minimum atomic E-state index is 0.580. The Morgan fingerprint density at radius 3 is 2.41 bits per heavy atom. The van der Waals surface area contributed by atoms with Gasteiger partial charge < -0.3 is 10.2 Å². The Hall–Kier alpha value is -1.38. The maximum absolute atomic E-state index is 6.54. The number of halogens is 2. The number of benzene rings is 2. The Kier molecular flexibility index (Phi) is 5.98. The van der Waals surface area contributed by atoms with Gasteiger partial charge in [-0.2, -0.15) is 0 Å². The van der Waals surface area contributed by atoms with Crippen LogP contribution in [0.25, 0.3) is 11.1 Å². The summed E-state index contributed by atoms with van der Waals surface area (Å²) in [5, 5.41) is 4.61. The highest BCUT2D eigenvalue weighted by Crippen LogP contribution is 2.39. The molecule has 0 saturated carbocycles. The second-order valence-corrected chi connectivity index (χ2v) is 5.73. The van der Waals surface area contributed by atoms with Gasteiger partial charge in [-0.05, 0) is 39.0 Å². The molecule has 0 unspecified atom stereocenters. The second kappa shape index (κ2) is 7.75. The molecule has 0 aliphatic carbocycles. The maximum atomic E-state index is 6.54. The molecule has 0 atom stereocenters. The third-order valence-corrected chi connectivity index (χ3v) is 4.28. The van der Waals surface area contributed by atoms with Gasteiger partial charge in [0, 0.05) is 48.2 Å². The van der Waals surface area contributed by atoms with E-state index >= 15 is 0 Å². The van der Waals surface area contributed by atoms with Crippen molar-refractivity contribution in [3.8, 4) is 11.1 Å². The van der Waals surface area contributed by atoms with Crippen LogP contribution in [-0.4, -0.2) is 19.6 Å². The van der Waals surface area contributed by atoms with Crippen molar-refractivity contribution in [3.63, 3.8) is 0 Å². The van der Waals surface area contributed by atoms with Crippen molar-refractivity contribution >= 4 is 34.6 Å². The summed E-state index contributed by atoms with van der Waals surface area (Å²) in [6.45, 7) is 9.06. The van der Waals surface area contributed by atoms with E-state index in [4.69, 9.17) is 23.2 Å². The Morgan fingerprint density at radius 2 is 1.82 bits per heavy atom. The van der Waals surface area contributed by atoms with Gasteiger partial charge in [0.2, 0.25) is 0 Å². The SMILES string of the molecule is CCNc1cc[c]c(Cl)c1-c1ccc(N(CC)CC)cc1Cl. The lowest BCUT2D eigenvalue weighted by atomic mass is 10.0. The van der Waals surface area contributed by atoms with Gasteiger partial charge in [0.15, 0.2) is 0 Å². The summed E-state index contributed by atoms with van der Waals surface area (Å²) >= 11 is 12.9. The normalized spacial score (nSPS) is 10.6. The second-order valence-electron chi connectivity index (χ2n) is 4.95. The molecular formula is C18H21Cl2N2. The molecule has 0 saturated heterocycles. The van der Waals surface area contributed by atoms with Crippen molar-refractivity contribution in [2.24, 2.45) is 0 Å². The summed E-state index contributed by atoms with van der Waals surface area (Å²) in [5.41, 5.74) is 3.93. The van der Waals surface area contributed by atoms with Crippen molar-refractivity contribution < 1.29 is 0 Å². The number of anilines is 2. The van der Waals surface area contributed by atoms with Crippen LogP contribution in [0.4, 0.5) is 11.4 Å². The number of hydrogen-bond acceptors (Lipinski definition) is 2. The molecule has 0 spiro atoms. The first-order valence-electron chi connectivity index (χ1n) is 7.61. The molecule has 0 amide bonds. The van der Waals surface area contributed by atoms with E-state index in [1.54, 1.807) is 0 Å². The predicted octanol–water partition coefficient (Wildman–Crippen LogP) is 5.74. The third kappa shape index (κ3) is 3.50. The zero-order valence-electron chi connectivity index (χ0n) is 13.2. The third-order valence-electron chi connectivity index (χ3n) is 3.67. The lowest BCUT2D eigenvalue weighted by molar-refractivity contribution is 0.866. The number of hydrogen-bond donors (Lipinski definition) is 1. The Morgan fingerprint density at radius 1 is 1.09 bits per heavy atom. The Bertz CT molecular complexity index is 637.